The monoisotopic (exact) mass is 402 g/mol. The summed E-state index contributed by atoms with van der Waals surface area (Å²) in [7, 11) is 0. The summed E-state index contributed by atoms with van der Waals surface area (Å²) in [4.78, 5) is 17.8. The number of fused-ring (bicyclic) bond motifs is 1. The number of benzene rings is 2. The van der Waals surface area contributed by atoms with Crippen molar-refractivity contribution in [3.63, 3.8) is 0 Å². The van der Waals surface area contributed by atoms with Crippen molar-refractivity contribution < 1.29 is 9.53 Å². The summed E-state index contributed by atoms with van der Waals surface area (Å²) < 4.78 is 7.37. The number of ether oxygens (including phenoxy) is 1. The zero-order chi connectivity index (χ0) is 20.3. The minimum Gasteiger partial charge on any atom is -0.493 e. The highest BCUT2D eigenvalue weighted by molar-refractivity contribution is 5.83. The lowest BCUT2D eigenvalue weighted by Crippen LogP contribution is -2.50. The maximum absolute atomic E-state index is 13.4. The van der Waals surface area contributed by atoms with Crippen LogP contribution >= 0.6 is 0 Å². The van der Waals surface area contributed by atoms with Crippen molar-refractivity contribution >= 4 is 5.91 Å². The van der Waals surface area contributed by atoms with Crippen LogP contribution in [0.1, 0.15) is 22.7 Å². The second-order valence-electron chi connectivity index (χ2n) is 7.94. The molecule has 2 aromatic carbocycles. The number of hydrogen-bond acceptors (Lipinski definition) is 4. The van der Waals surface area contributed by atoms with E-state index in [9.17, 15) is 4.79 Å². The predicted molar refractivity (Wildman–Crippen MR) is 114 cm³/mol. The quantitative estimate of drug-likeness (QED) is 0.659. The Balaban J connectivity index is 1.24. The molecule has 0 spiro atoms. The van der Waals surface area contributed by atoms with Crippen molar-refractivity contribution in [3.8, 4) is 5.75 Å². The highest BCUT2D eigenvalue weighted by Crippen LogP contribution is 2.27. The smallest absolute Gasteiger partial charge is 0.252 e. The summed E-state index contributed by atoms with van der Waals surface area (Å²) in [6.07, 6.45) is 4.59. The Morgan fingerprint density at radius 1 is 1.03 bits per heavy atom. The van der Waals surface area contributed by atoms with Crippen LogP contribution in [-0.4, -0.2) is 58.3 Å². The summed E-state index contributed by atoms with van der Waals surface area (Å²) in [6.45, 7) is 4.92. The van der Waals surface area contributed by atoms with Crippen LogP contribution in [0, 0.1) is 0 Å². The molecule has 30 heavy (non-hydrogen) atoms. The first-order chi connectivity index (χ1) is 14.8. The van der Waals surface area contributed by atoms with Crippen molar-refractivity contribution in [1.82, 2.24) is 19.6 Å². The molecule has 3 aromatic rings. The fourth-order valence-electron chi connectivity index (χ4n) is 4.37. The van der Waals surface area contributed by atoms with Gasteiger partial charge in [0.1, 0.15) is 5.75 Å². The van der Waals surface area contributed by atoms with Gasteiger partial charge >= 0.3 is 0 Å². The standard InChI is InChI=1S/C24H26N4O2/c29-24(23(28-11-4-10-25-28)20-5-2-1-3-6-20)27-14-12-26(13-15-27)18-19-7-8-22-21(17-19)9-16-30-22/h1-8,10-11,17,23H,9,12-16,18H2. The molecule has 6 heteroatoms. The Morgan fingerprint density at radius 2 is 1.87 bits per heavy atom. The zero-order valence-electron chi connectivity index (χ0n) is 17.0. The Morgan fingerprint density at radius 3 is 2.63 bits per heavy atom. The molecular formula is C24H26N4O2. The summed E-state index contributed by atoms with van der Waals surface area (Å²) >= 11 is 0. The third kappa shape index (κ3) is 3.83. The van der Waals surface area contributed by atoms with Crippen molar-refractivity contribution in [2.45, 2.75) is 19.0 Å². The first-order valence-corrected chi connectivity index (χ1v) is 10.6. The van der Waals surface area contributed by atoms with E-state index in [0.29, 0.717) is 0 Å². The number of nitrogens with zero attached hydrogens (tertiary/aromatic N) is 4. The molecule has 5 rings (SSSR count). The molecule has 154 valence electrons. The minimum atomic E-state index is -0.413. The van der Waals surface area contributed by atoms with E-state index in [1.165, 1.54) is 11.1 Å². The van der Waals surface area contributed by atoms with E-state index in [0.717, 1.165) is 57.1 Å². The van der Waals surface area contributed by atoms with Gasteiger partial charge in [0.05, 0.1) is 6.61 Å². The Hall–Kier alpha value is -3.12. The van der Waals surface area contributed by atoms with Gasteiger partial charge in [-0.1, -0.05) is 42.5 Å². The lowest BCUT2D eigenvalue weighted by Gasteiger charge is -2.36. The van der Waals surface area contributed by atoms with Gasteiger partial charge in [-0.15, -0.1) is 0 Å². The molecule has 0 aliphatic carbocycles. The molecular weight excluding hydrogens is 376 g/mol. The van der Waals surface area contributed by atoms with E-state index < -0.39 is 6.04 Å². The van der Waals surface area contributed by atoms with Gasteiger partial charge in [0, 0.05) is 51.5 Å². The van der Waals surface area contributed by atoms with E-state index in [4.69, 9.17) is 4.74 Å². The fourth-order valence-corrected chi connectivity index (χ4v) is 4.37. The highest BCUT2D eigenvalue weighted by Gasteiger charge is 2.30. The van der Waals surface area contributed by atoms with Gasteiger partial charge in [-0.3, -0.25) is 14.4 Å². The van der Waals surface area contributed by atoms with Gasteiger partial charge in [-0.25, -0.2) is 0 Å². The van der Waals surface area contributed by atoms with E-state index in [1.807, 2.05) is 47.5 Å². The fraction of sp³-hybridized carbons (Fsp3) is 0.333. The summed E-state index contributed by atoms with van der Waals surface area (Å²) in [5.74, 6) is 1.14. The maximum Gasteiger partial charge on any atom is 0.252 e. The number of piperazine rings is 1. The van der Waals surface area contributed by atoms with E-state index >= 15 is 0 Å². The van der Waals surface area contributed by atoms with Gasteiger partial charge in [0.15, 0.2) is 6.04 Å². The molecule has 2 aliphatic rings. The molecule has 1 unspecified atom stereocenters. The first-order valence-electron chi connectivity index (χ1n) is 10.6. The van der Waals surface area contributed by atoms with Crippen LogP contribution in [0.2, 0.25) is 0 Å². The number of hydrogen-bond donors (Lipinski definition) is 0. The number of amides is 1. The van der Waals surface area contributed by atoms with Crippen LogP contribution < -0.4 is 4.74 Å². The van der Waals surface area contributed by atoms with E-state index in [-0.39, 0.29) is 5.91 Å². The SMILES string of the molecule is O=C(C(c1ccccc1)n1cccn1)N1CCN(Cc2ccc3c(c2)CCO3)CC1. The van der Waals surface area contributed by atoms with Crippen molar-refractivity contribution in [2.24, 2.45) is 0 Å². The second kappa shape index (κ2) is 8.32. The average Bonchev–Trinajstić information content (AvgIpc) is 3.47. The van der Waals surface area contributed by atoms with Crippen LogP contribution in [0.3, 0.4) is 0 Å². The molecule has 1 amide bonds. The number of aromatic nitrogens is 2. The second-order valence-corrected chi connectivity index (χ2v) is 7.94. The number of carbonyl (C=O) groups excluding carboxylic acids is 1. The lowest BCUT2D eigenvalue weighted by atomic mass is 10.0. The molecule has 3 heterocycles. The number of carbonyl (C=O) groups is 1. The Bertz CT molecular complexity index is 995. The van der Waals surface area contributed by atoms with Crippen molar-refractivity contribution in [1.29, 1.82) is 0 Å². The topological polar surface area (TPSA) is 50.6 Å². The van der Waals surface area contributed by atoms with Crippen molar-refractivity contribution in [3.05, 3.63) is 83.7 Å². The largest absolute Gasteiger partial charge is 0.493 e. The molecule has 1 saturated heterocycles. The highest BCUT2D eigenvalue weighted by atomic mass is 16.5. The molecule has 2 aliphatic heterocycles. The maximum atomic E-state index is 13.4. The third-order valence-corrected chi connectivity index (χ3v) is 5.98. The van der Waals surface area contributed by atoms with E-state index in [2.05, 4.69) is 28.2 Å². The van der Waals surface area contributed by atoms with Crippen LogP contribution in [-0.2, 0) is 17.8 Å². The predicted octanol–water partition coefficient (Wildman–Crippen LogP) is 2.75. The molecule has 1 aromatic heterocycles. The molecule has 1 fully saturated rings. The number of rotatable bonds is 5. The normalized spacial score (nSPS) is 17.4. The molecule has 0 N–H and O–H groups in total. The van der Waals surface area contributed by atoms with Crippen LogP contribution in [0.4, 0.5) is 0 Å². The first kappa shape index (κ1) is 18.9. The van der Waals surface area contributed by atoms with Crippen molar-refractivity contribution in [2.75, 3.05) is 32.8 Å². The summed E-state index contributed by atoms with van der Waals surface area (Å²) in [5.41, 5.74) is 3.60. The summed E-state index contributed by atoms with van der Waals surface area (Å²) in [5, 5.41) is 4.36. The Kier molecular flexibility index (Phi) is 5.24. The summed E-state index contributed by atoms with van der Waals surface area (Å²) in [6, 6.07) is 17.9. The lowest BCUT2D eigenvalue weighted by molar-refractivity contribution is -0.135. The van der Waals surface area contributed by atoms with Gasteiger partial charge < -0.3 is 9.64 Å². The van der Waals surface area contributed by atoms with Crippen LogP contribution in [0.5, 0.6) is 5.75 Å². The molecule has 6 nitrogen and oxygen atoms in total. The third-order valence-electron chi connectivity index (χ3n) is 5.98. The van der Waals surface area contributed by atoms with Crippen LogP contribution in [0.15, 0.2) is 67.0 Å². The molecule has 0 radical (unpaired) electrons. The van der Waals surface area contributed by atoms with Gasteiger partial charge in [0.2, 0.25) is 0 Å². The Labute approximate surface area is 176 Å². The van der Waals surface area contributed by atoms with Gasteiger partial charge in [0.25, 0.3) is 5.91 Å². The zero-order valence-corrected chi connectivity index (χ0v) is 17.0. The molecule has 1 atom stereocenters. The molecule has 0 saturated carbocycles. The molecule has 0 bridgehead atoms. The van der Waals surface area contributed by atoms with E-state index in [1.54, 1.807) is 10.9 Å². The van der Waals surface area contributed by atoms with Gasteiger partial charge in [-0.05, 0) is 28.8 Å². The average molecular weight is 402 g/mol. The minimum absolute atomic E-state index is 0.110. The van der Waals surface area contributed by atoms with Crippen LogP contribution in [0.25, 0.3) is 0 Å². The van der Waals surface area contributed by atoms with Gasteiger partial charge in [-0.2, -0.15) is 5.10 Å².